The minimum absolute atomic E-state index is 0.330. The molecule has 0 heterocycles. The summed E-state index contributed by atoms with van der Waals surface area (Å²) in [7, 11) is -3.63. The first-order chi connectivity index (χ1) is 16.7. The van der Waals surface area contributed by atoms with Crippen LogP contribution in [0.15, 0.2) is 72.8 Å². The first kappa shape index (κ1) is 29.4. The highest BCUT2D eigenvalue weighted by atomic mass is 28.4. The Bertz CT molecular complexity index is 845. The number of ether oxygens (including phenoxy) is 2. The number of rotatable bonds is 17. The molecular formula is C27H40O5Si3. The zero-order chi connectivity index (χ0) is 25.6. The summed E-state index contributed by atoms with van der Waals surface area (Å²) in [6, 6.07) is 23.0. The molecule has 0 atom stereocenters. The van der Waals surface area contributed by atoms with Gasteiger partial charge in [-0.2, -0.15) is 0 Å². The summed E-state index contributed by atoms with van der Waals surface area (Å²) in [6.45, 7) is 14.2. The van der Waals surface area contributed by atoms with E-state index >= 15 is 0 Å². The van der Waals surface area contributed by atoms with E-state index in [9.17, 15) is 4.79 Å². The molecule has 0 aliphatic heterocycles. The monoisotopic (exact) mass is 528 g/mol. The number of esters is 1. The zero-order valence-corrected chi connectivity index (χ0v) is 24.7. The molecule has 0 aliphatic rings. The van der Waals surface area contributed by atoms with Gasteiger partial charge in [0.15, 0.2) is 8.32 Å². The largest absolute Gasteiger partial charge is 0.462 e. The standard InChI is InChI=1S/C27H40O5Si3/c1-24(2)27(28)30-19-12-22-33-32-35(25-14-8-6-9-15-25,26-16-10-7-11-17-26)23-13-18-29-20-21-31-34(3,4)5/h6-11,14-17H,1,12-13,18-23H2,2-5H3. The average Bonchev–Trinajstić information content (AvgIpc) is 2.84. The average molecular weight is 529 g/mol. The van der Waals surface area contributed by atoms with Crippen LogP contribution in [0, 0.1) is 0 Å². The third-order valence-corrected chi connectivity index (χ3v) is 12.5. The highest BCUT2D eigenvalue weighted by molar-refractivity contribution is 6.99. The normalized spacial score (nSPS) is 11.9. The number of hydrogen-bond donors (Lipinski definition) is 0. The molecule has 5 nitrogen and oxygen atoms in total. The molecule has 0 bridgehead atoms. The SMILES string of the molecule is C=C(C)C(=O)OCCC[Si]O[Si](CCCOCCO[Si](C)(C)C)(c1ccccc1)c1ccccc1. The van der Waals surface area contributed by atoms with Crippen LogP contribution in [0.5, 0.6) is 0 Å². The van der Waals surface area contributed by atoms with Gasteiger partial charge in [-0.3, -0.25) is 0 Å². The zero-order valence-electron chi connectivity index (χ0n) is 21.7. The fourth-order valence-electron chi connectivity index (χ4n) is 3.58. The van der Waals surface area contributed by atoms with E-state index in [-0.39, 0.29) is 5.97 Å². The lowest BCUT2D eigenvalue weighted by molar-refractivity contribution is -0.138. The predicted molar refractivity (Wildman–Crippen MR) is 149 cm³/mol. The smallest absolute Gasteiger partial charge is 0.333 e. The number of carbonyl (C=O) groups excluding carboxylic acids is 1. The molecule has 0 unspecified atom stereocenters. The molecule has 0 fully saturated rings. The molecule has 35 heavy (non-hydrogen) atoms. The van der Waals surface area contributed by atoms with E-state index in [0.717, 1.165) is 24.9 Å². The van der Waals surface area contributed by atoms with E-state index in [2.05, 4.69) is 74.8 Å². The second-order valence-electron chi connectivity index (χ2n) is 9.50. The molecule has 2 rings (SSSR count). The lowest BCUT2D eigenvalue weighted by Gasteiger charge is -2.33. The molecule has 2 aromatic carbocycles. The molecule has 0 saturated heterocycles. The third kappa shape index (κ3) is 10.8. The molecule has 0 saturated carbocycles. The molecule has 0 amide bonds. The van der Waals surface area contributed by atoms with Crippen molar-refractivity contribution in [2.45, 2.75) is 51.5 Å². The minimum Gasteiger partial charge on any atom is -0.462 e. The van der Waals surface area contributed by atoms with Crippen LogP contribution in [-0.4, -0.2) is 58.8 Å². The highest BCUT2D eigenvalue weighted by Crippen LogP contribution is 2.17. The van der Waals surface area contributed by atoms with Crippen LogP contribution in [0.3, 0.4) is 0 Å². The van der Waals surface area contributed by atoms with E-state index in [0.29, 0.717) is 41.8 Å². The van der Waals surface area contributed by atoms with Crippen molar-refractivity contribution in [1.29, 1.82) is 0 Å². The van der Waals surface area contributed by atoms with Gasteiger partial charge in [0.1, 0.15) is 0 Å². The Morgan fingerprint density at radius 1 is 0.857 bits per heavy atom. The number of benzene rings is 2. The van der Waals surface area contributed by atoms with Crippen LogP contribution >= 0.6 is 0 Å². The summed E-state index contributed by atoms with van der Waals surface area (Å²) in [4.78, 5) is 11.6. The van der Waals surface area contributed by atoms with Gasteiger partial charge < -0.3 is 18.0 Å². The maximum atomic E-state index is 11.6. The lowest BCUT2D eigenvalue weighted by Crippen LogP contribution is -2.61. The quantitative estimate of drug-likeness (QED) is 0.130. The molecule has 0 aromatic heterocycles. The molecule has 0 spiro atoms. The Morgan fingerprint density at radius 2 is 1.46 bits per heavy atom. The van der Waals surface area contributed by atoms with Gasteiger partial charge in [-0.1, -0.05) is 67.2 Å². The third-order valence-electron chi connectivity index (χ3n) is 5.31. The fraction of sp³-hybridized carbons (Fsp3) is 0.444. The molecule has 2 radical (unpaired) electrons. The van der Waals surface area contributed by atoms with Crippen LogP contribution in [0.25, 0.3) is 0 Å². The Morgan fingerprint density at radius 3 is 2.00 bits per heavy atom. The van der Waals surface area contributed by atoms with Gasteiger partial charge in [0.2, 0.25) is 18.1 Å². The minimum atomic E-state index is -2.46. The van der Waals surface area contributed by atoms with Gasteiger partial charge in [0.05, 0.1) is 19.8 Å². The summed E-state index contributed by atoms with van der Waals surface area (Å²) >= 11 is 0. The molecule has 0 N–H and O–H groups in total. The van der Waals surface area contributed by atoms with Crippen LogP contribution in [0.2, 0.25) is 31.7 Å². The second kappa shape index (κ2) is 15.3. The van der Waals surface area contributed by atoms with Gasteiger partial charge in [-0.05, 0) is 61.9 Å². The predicted octanol–water partition coefficient (Wildman–Crippen LogP) is 4.57. The van der Waals surface area contributed by atoms with Crippen molar-refractivity contribution in [3.8, 4) is 0 Å². The van der Waals surface area contributed by atoms with Gasteiger partial charge in [0.25, 0.3) is 0 Å². The van der Waals surface area contributed by atoms with Crippen molar-refractivity contribution in [3.05, 3.63) is 72.8 Å². The topological polar surface area (TPSA) is 54.0 Å². The fourth-order valence-corrected chi connectivity index (χ4v) is 10.3. The van der Waals surface area contributed by atoms with Crippen molar-refractivity contribution in [2.75, 3.05) is 26.4 Å². The molecule has 2 aromatic rings. The van der Waals surface area contributed by atoms with Crippen LogP contribution in [0.1, 0.15) is 19.8 Å². The number of hydrogen-bond acceptors (Lipinski definition) is 5. The van der Waals surface area contributed by atoms with E-state index < -0.39 is 16.6 Å². The molecule has 0 aliphatic carbocycles. The van der Waals surface area contributed by atoms with Crippen LogP contribution < -0.4 is 10.4 Å². The summed E-state index contributed by atoms with van der Waals surface area (Å²) in [5.74, 6) is -0.332. The van der Waals surface area contributed by atoms with E-state index in [1.54, 1.807) is 6.92 Å². The summed E-state index contributed by atoms with van der Waals surface area (Å²) < 4.78 is 23.9. The first-order valence-corrected chi connectivity index (χ1v) is 18.9. The maximum Gasteiger partial charge on any atom is 0.333 e. The summed E-state index contributed by atoms with van der Waals surface area (Å²) in [6.07, 6.45) is 1.69. The Labute approximate surface area is 216 Å². The van der Waals surface area contributed by atoms with Gasteiger partial charge >= 0.3 is 5.97 Å². The van der Waals surface area contributed by atoms with E-state index in [4.69, 9.17) is 18.0 Å². The Hall–Kier alpha value is -1.82. The summed E-state index contributed by atoms with van der Waals surface area (Å²) in [5.41, 5.74) is 0.428. The van der Waals surface area contributed by atoms with Crippen LogP contribution in [0.4, 0.5) is 0 Å². The van der Waals surface area contributed by atoms with Crippen molar-refractivity contribution in [1.82, 2.24) is 0 Å². The Kier molecular flexibility index (Phi) is 12.9. The Balaban J connectivity index is 2.03. The molecule has 190 valence electrons. The molecule has 8 heteroatoms. The maximum absolute atomic E-state index is 11.6. The van der Waals surface area contributed by atoms with Gasteiger partial charge in [-0.25, -0.2) is 4.79 Å². The highest BCUT2D eigenvalue weighted by Gasteiger charge is 2.38. The van der Waals surface area contributed by atoms with E-state index in [1.807, 2.05) is 12.1 Å². The van der Waals surface area contributed by atoms with Gasteiger partial charge in [0, 0.05) is 12.2 Å². The lowest BCUT2D eigenvalue weighted by atomic mass is 10.4. The summed E-state index contributed by atoms with van der Waals surface area (Å²) in [5, 5.41) is 2.55. The van der Waals surface area contributed by atoms with E-state index in [1.165, 1.54) is 10.4 Å². The van der Waals surface area contributed by atoms with Crippen molar-refractivity contribution in [3.63, 3.8) is 0 Å². The van der Waals surface area contributed by atoms with Crippen molar-refractivity contribution < 1.29 is 22.8 Å². The second-order valence-corrected chi connectivity index (χ2v) is 18.9. The number of carbonyl (C=O) groups is 1. The molecular weight excluding hydrogens is 489 g/mol. The van der Waals surface area contributed by atoms with Crippen molar-refractivity contribution >= 4 is 42.7 Å². The first-order valence-electron chi connectivity index (χ1n) is 12.3. The van der Waals surface area contributed by atoms with Crippen LogP contribution in [-0.2, 0) is 22.8 Å². The van der Waals surface area contributed by atoms with Crippen molar-refractivity contribution in [2.24, 2.45) is 0 Å². The van der Waals surface area contributed by atoms with Gasteiger partial charge in [-0.15, -0.1) is 0 Å².